The minimum atomic E-state index is -3.71. The second-order valence-corrected chi connectivity index (χ2v) is 11.1. The van der Waals surface area contributed by atoms with Gasteiger partial charge in [0.15, 0.2) is 11.5 Å². The molecule has 0 atom stereocenters. The van der Waals surface area contributed by atoms with Gasteiger partial charge in [0.2, 0.25) is 15.9 Å². The Morgan fingerprint density at radius 2 is 1.61 bits per heavy atom. The van der Waals surface area contributed by atoms with E-state index in [1.807, 2.05) is 30.3 Å². The fraction of sp³-hybridized carbons (Fsp3) is 0.480. The van der Waals surface area contributed by atoms with Crippen molar-refractivity contribution in [2.24, 2.45) is 0 Å². The van der Waals surface area contributed by atoms with Crippen LogP contribution >= 0.6 is 0 Å². The van der Waals surface area contributed by atoms with Crippen molar-refractivity contribution < 1.29 is 22.7 Å². The highest BCUT2D eigenvalue weighted by Gasteiger charge is 2.45. The molecule has 7 nitrogen and oxygen atoms in total. The maximum absolute atomic E-state index is 13.6. The van der Waals surface area contributed by atoms with Crippen molar-refractivity contribution in [1.82, 2.24) is 9.62 Å². The van der Waals surface area contributed by atoms with Crippen LogP contribution in [0.2, 0.25) is 0 Å². The summed E-state index contributed by atoms with van der Waals surface area (Å²) >= 11 is 0. The molecule has 0 radical (unpaired) electrons. The number of benzene rings is 2. The number of sulfonamides is 1. The van der Waals surface area contributed by atoms with Gasteiger partial charge in [-0.1, -0.05) is 43.2 Å². The van der Waals surface area contributed by atoms with Crippen molar-refractivity contribution in [3.8, 4) is 11.5 Å². The number of piperidine rings is 1. The fourth-order valence-corrected chi connectivity index (χ4v) is 6.70. The van der Waals surface area contributed by atoms with Gasteiger partial charge in [-0.2, -0.15) is 4.31 Å². The lowest BCUT2D eigenvalue weighted by Crippen LogP contribution is -2.54. The minimum absolute atomic E-state index is 0.0250. The molecule has 33 heavy (non-hydrogen) atoms. The first-order valence-electron chi connectivity index (χ1n) is 11.8. The smallest absolute Gasteiger partial charge is 0.243 e. The lowest BCUT2D eigenvalue weighted by molar-refractivity contribution is -0.129. The summed E-state index contributed by atoms with van der Waals surface area (Å²) in [7, 11) is -3.71. The van der Waals surface area contributed by atoms with Gasteiger partial charge in [0.05, 0.1) is 10.3 Å². The van der Waals surface area contributed by atoms with Crippen LogP contribution in [-0.4, -0.2) is 51.0 Å². The summed E-state index contributed by atoms with van der Waals surface area (Å²) in [5.74, 6) is 1.04. The van der Waals surface area contributed by atoms with E-state index in [1.54, 1.807) is 12.1 Å². The van der Waals surface area contributed by atoms with Gasteiger partial charge in [0.25, 0.3) is 0 Å². The van der Waals surface area contributed by atoms with E-state index in [0.717, 1.165) is 31.2 Å². The van der Waals surface area contributed by atoms with Gasteiger partial charge in [-0.3, -0.25) is 4.79 Å². The maximum atomic E-state index is 13.6. The Morgan fingerprint density at radius 1 is 0.939 bits per heavy atom. The van der Waals surface area contributed by atoms with E-state index in [0.29, 0.717) is 37.6 Å². The average molecular weight is 471 g/mol. The molecule has 2 heterocycles. The Bertz CT molecular complexity index is 1100. The Kier molecular flexibility index (Phi) is 6.05. The van der Waals surface area contributed by atoms with Crippen LogP contribution in [0.5, 0.6) is 11.5 Å². The molecule has 0 bridgehead atoms. The summed E-state index contributed by atoms with van der Waals surface area (Å²) in [5.41, 5.74) is 0.236. The number of rotatable bonds is 5. The first kappa shape index (κ1) is 22.2. The second kappa shape index (κ2) is 8.99. The lowest BCUT2D eigenvalue weighted by atomic mass is 9.72. The third kappa shape index (κ3) is 4.22. The van der Waals surface area contributed by atoms with Crippen LogP contribution in [0.25, 0.3) is 0 Å². The van der Waals surface area contributed by atoms with Crippen LogP contribution in [0.4, 0.5) is 0 Å². The van der Waals surface area contributed by atoms with Crippen LogP contribution in [0.3, 0.4) is 0 Å². The standard InChI is InChI=1S/C25H30N2O5S/c28-24(26-20-8-4-5-9-20)25(19-6-2-1-3-7-19)12-14-27(15-13-25)33(29,30)21-10-11-22-23(18-21)32-17-16-31-22/h1-3,6-7,10-11,18,20H,4-5,8-9,12-17H2,(H,26,28). The molecule has 0 unspecified atom stereocenters. The van der Waals surface area contributed by atoms with E-state index in [2.05, 4.69) is 5.32 Å². The number of hydrogen-bond donors (Lipinski definition) is 1. The lowest BCUT2D eigenvalue weighted by Gasteiger charge is -2.41. The van der Waals surface area contributed by atoms with E-state index < -0.39 is 15.4 Å². The summed E-state index contributed by atoms with van der Waals surface area (Å²) in [5, 5.41) is 3.27. The maximum Gasteiger partial charge on any atom is 0.243 e. The number of hydrogen-bond acceptors (Lipinski definition) is 5. The van der Waals surface area contributed by atoms with E-state index in [9.17, 15) is 13.2 Å². The van der Waals surface area contributed by atoms with Crippen LogP contribution in [-0.2, 0) is 20.2 Å². The van der Waals surface area contributed by atoms with E-state index in [4.69, 9.17) is 9.47 Å². The van der Waals surface area contributed by atoms with Crippen molar-refractivity contribution in [1.29, 1.82) is 0 Å². The van der Waals surface area contributed by atoms with Crippen molar-refractivity contribution in [2.45, 2.75) is 54.9 Å². The number of fused-ring (bicyclic) bond motifs is 1. The predicted octanol–water partition coefficient (Wildman–Crippen LogP) is 3.24. The molecule has 1 saturated carbocycles. The zero-order valence-electron chi connectivity index (χ0n) is 18.7. The number of amides is 1. The first-order chi connectivity index (χ1) is 16.0. The van der Waals surface area contributed by atoms with Gasteiger partial charge in [0, 0.05) is 25.2 Å². The third-order valence-electron chi connectivity index (χ3n) is 7.18. The molecule has 2 aromatic rings. The Hall–Kier alpha value is -2.58. The summed E-state index contributed by atoms with van der Waals surface area (Å²) in [6.45, 7) is 1.42. The SMILES string of the molecule is O=C(NC1CCCC1)C1(c2ccccc2)CCN(S(=O)(=O)c2ccc3c(c2)OCCO3)CC1. The number of carbonyl (C=O) groups is 1. The van der Waals surface area contributed by atoms with Crippen molar-refractivity contribution in [2.75, 3.05) is 26.3 Å². The number of nitrogens with zero attached hydrogens (tertiary/aromatic N) is 1. The summed E-state index contributed by atoms with van der Waals surface area (Å²) in [6, 6.07) is 14.8. The van der Waals surface area contributed by atoms with Gasteiger partial charge in [-0.05, 0) is 43.4 Å². The van der Waals surface area contributed by atoms with Gasteiger partial charge >= 0.3 is 0 Å². The molecule has 0 aromatic heterocycles. The molecule has 176 valence electrons. The molecule has 5 rings (SSSR count). The molecular weight excluding hydrogens is 440 g/mol. The monoisotopic (exact) mass is 470 g/mol. The van der Waals surface area contributed by atoms with Gasteiger partial charge in [-0.15, -0.1) is 0 Å². The molecule has 1 aliphatic carbocycles. The molecule has 1 saturated heterocycles. The predicted molar refractivity (Wildman–Crippen MR) is 124 cm³/mol. The molecule has 0 spiro atoms. The van der Waals surface area contributed by atoms with Crippen LogP contribution in [0.15, 0.2) is 53.4 Å². The van der Waals surface area contributed by atoms with Crippen LogP contribution < -0.4 is 14.8 Å². The van der Waals surface area contributed by atoms with E-state index >= 15 is 0 Å². The third-order valence-corrected chi connectivity index (χ3v) is 9.07. The highest BCUT2D eigenvalue weighted by molar-refractivity contribution is 7.89. The quantitative estimate of drug-likeness (QED) is 0.725. The summed E-state index contributed by atoms with van der Waals surface area (Å²) < 4.78 is 39.4. The Balaban J connectivity index is 1.37. The molecular formula is C25H30N2O5S. The summed E-state index contributed by atoms with van der Waals surface area (Å²) in [4.78, 5) is 13.7. The zero-order valence-corrected chi connectivity index (χ0v) is 19.5. The molecule has 1 amide bonds. The average Bonchev–Trinajstić information content (AvgIpc) is 3.37. The second-order valence-electron chi connectivity index (χ2n) is 9.11. The van der Waals surface area contributed by atoms with Crippen molar-refractivity contribution in [3.05, 3.63) is 54.1 Å². The van der Waals surface area contributed by atoms with Crippen molar-refractivity contribution >= 4 is 15.9 Å². The topological polar surface area (TPSA) is 84.9 Å². The Labute approximate surface area is 195 Å². The molecule has 2 fully saturated rings. The Morgan fingerprint density at radius 3 is 2.30 bits per heavy atom. The van der Waals surface area contributed by atoms with Gasteiger partial charge in [-0.25, -0.2) is 8.42 Å². The summed E-state index contributed by atoms with van der Waals surface area (Å²) in [6.07, 6.45) is 5.21. The van der Waals surface area contributed by atoms with E-state index in [1.165, 1.54) is 10.4 Å². The molecule has 1 N–H and O–H groups in total. The minimum Gasteiger partial charge on any atom is -0.486 e. The highest BCUT2D eigenvalue weighted by Crippen LogP contribution is 2.39. The van der Waals surface area contributed by atoms with Crippen LogP contribution in [0.1, 0.15) is 44.1 Å². The van der Waals surface area contributed by atoms with Gasteiger partial charge in [0.1, 0.15) is 13.2 Å². The fourth-order valence-electron chi connectivity index (χ4n) is 5.24. The molecule has 2 aliphatic heterocycles. The normalized spacial score (nSPS) is 21.0. The number of ether oxygens (including phenoxy) is 2. The largest absolute Gasteiger partial charge is 0.486 e. The molecule has 3 aliphatic rings. The molecule has 2 aromatic carbocycles. The number of nitrogens with one attached hydrogen (secondary N) is 1. The highest BCUT2D eigenvalue weighted by atomic mass is 32.2. The van der Waals surface area contributed by atoms with Crippen LogP contribution in [0, 0.1) is 0 Å². The molecule has 8 heteroatoms. The van der Waals surface area contributed by atoms with E-state index in [-0.39, 0.29) is 29.9 Å². The first-order valence-corrected chi connectivity index (χ1v) is 13.2. The van der Waals surface area contributed by atoms with Crippen molar-refractivity contribution in [3.63, 3.8) is 0 Å². The zero-order chi connectivity index (χ0) is 22.9. The van der Waals surface area contributed by atoms with Gasteiger partial charge < -0.3 is 14.8 Å². The number of carbonyl (C=O) groups excluding carboxylic acids is 1.